The Balaban J connectivity index is 1.64. The lowest BCUT2D eigenvalue weighted by atomic mass is 9.78. The Bertz CT molecular complexity index is 1060. The molecule has 0 unspecified atom stereocenters. The normalized spacial score (nSPS) is 16.2. The van der Waals surface area contributed by atoms with E-state index >= 15 is 0 Å². The zero-order valence-electron chi connectivity index (χ0n) is 16.3. The van der Waals surface area contributed by atoms with E-state index in [2.05, 4.69) is 34.8 Å². The highest BCUT2D eigenvalue weighted by atomic mass is 16.1. The Morgan fingerprint density at radius 1 is 1.29 bits per heavy atom. The topological polar surface area (TPSA) is 70.7 Å². The molecule has 1 aromatic heterocycles. The summed E-state index contributed by atoms with van der Waals surface area (Å²) in [6.45, 7) is 4.25. The molecule has 0 radical (unpaired) electrons. The molecular formula is C23H24N4O. The molecule has 1 amide bonds. The van der Waals surface area contributed by atoms with Crippen LogP contribution < -0.4 is 5.32 Å². The molecule has 142 valence electrons. The molecule has 1 atom stereocenters. The van der Waals surface area contributed by atoms with Crippen molar-refractivity contribution in [3.63, 3.8) is 0 Å². The van der Waals surface area contributed by atoms with Gasteiger partial charge in [0.25, 0.3) is 0 Å². The first kappa shape index (κ1) is 18.2. The smallest absolute Gasteiger partial charge is 0.227 e. The third-order valence-corrected chi connectivity index (χ3v) is 5.87. The van der Waals surface area contributed by atoms with Gasteiger partial charge in [-0.1, -0.05) is 37.3 Å². The third-order valence-electron chi connectivity index (χ3n) is 5.87. The molecule has 1 aliphatic carbocycles. The van der Waals surface area contributed by atoms with Gasteiger partial charge in [0.1, 0.15) is 0 Å². The zero-order chi connectivity index (χ0) is 19.7. The van der Waals surface area contributed by atoms with Gasteiger partial charge in [-0.05, 0) is 55.9 Å². The van der Waals surface area contributed by atoms with Crippen molar-refractivity contribution >= 4 is 22.9 Å². The number of nitrogens with one attached hydrogen (secondary N) is 1. The molecule has 4 rings (SSSR count). The minimum atomic E-state index is -0.0729. The number of nitrogens with zero attached hydrogens (tertiary/aromatic N) is 3. The molecule has 1 fully saturated rings. The average molecular weight is 372 g/mol. The summed E-state index contributed by atoms with van der Waals surface area (Å²) in [5.41, 5.74) is 3.39. The van der Waals surface area contributed by atoms with Crippen LogP contribution in [0.15, 0.2) is 48.5 Å². The van der Waals surface area contributed by atoms with Gasteiger partial charge in [0.05, 0.1) is 22.7 Å². The maximum absolute atomic E-state index is 12.8. The van der Waals surface area contributed by atoms with Gasteiger partial charge >= 0.3 is 0 Å². The van der Waals surface area contributed by atoms with Crippen molar-refractivity contribution in [3.8, 4) is 6.07 Å². The minimum absolute atomic E-state index is 0.0451. The van der Waals surface area contributed by atoms with Crippen LogP contribution in [0, 0.1) is 11.3 Å². The first-order valence-corrected chi connectivity index (χ1v) is 9.78. The highest BCUT2D eigenvalue weighted by Gasteiger charge is 2.37. The van der Waals surface area contributed by atoms with Gasteiger partial charge in [-0.3, -0.25) is 10.1 Å². The van der Waals surface area contributed by atoms with Crippen LogP contribution in [0.3, 0.4) is 0 Å². The fraction of sp³-hybridized carbons (Fsp3) is 0.348. The second-order valence-electron chi connectivity index (χ2n) is 8.00. The molecule has 3 aromatic rings. The SMILES string of the molecule is C[C@H](CC(=O)Nc1nc2ccc(C#N)cc2n1C1(C)CCC1)c1ccccc1. The monoisotopic (exact) mass is 372 g/mol. The molecule has 1 aliphatic rings. The van der Waals surface area contributed by atoms with E-state index in [1.165, 1.54) is 0 Å². The maximum Gasteiger partial charge on any atom is 0.227 e. The molecule has 1 N–H and O–H groups in total. The lowest BCUT2D eigenvalue weighted by molar-refractivity contribution is -0.116. The number of carbonyl (C=O) groups excluding carboxylic acids is 1. The van der Waals surface area contributed by atoms with E-state index in [-0.39, 0.29) is 17.4 Å². The molecule has 0 aliphatic heterocycles. The summed E-state index contributed by atoms with van der Waals surface area (Å²) in [4.78, 5) is 17.4. The Labute approximate surface area is 165 Å². The van der Waals surface area contributed by atoms with E-state index in [4.69, 9.17) is 0 Å². The van der Waals surface area contributed by atoms with Crippen molar-refractivity contribution in [2.45, 2.75) is 51.0 Å². The number of aromatic nitrogens is 2. The lowest BCUT2D eigenvalue weighted by Gasteiger charge is -2.41. The first-order chi connectivity index (χ1) is 13.5. The lowest BCUT2D eigenvalue weighted by Crippen LogP contribution is -2.38. The summed E-state index contributed by atoms with van der Waals surface area (Å²) in [6.07, 6.45) is 3.64. The van der Waals surface area contributed by atoms with E-state index < -0.39 is 0 Å². The summed E-state index contributed by atoms with van der Waals surface area (Å²) >= 11 is 0. The molecule has 2 aromatic carbocycles. The molecule has 0 spiro atoms. The number of anilines is 1. The van der Waals surface area contributed by atoms with E-state index in [9.17, 15) is 10.1 Å². The second kappa shape index (κ2) is 7.12. The second-order valence-corrected chi connectivity index (χ2v) is 8.00. The van der Waals surface area contributed by atoms with Crippen LogP contribution in [0.25, 0.3) is 11.0 Å². The first-order valence-electron chi connectivity index (χ1n) is 9.78. The summed E-state index contributed by atoms with van der Waals surface area (Å²) in [5.74, 6) is 0.664. The molecule has 1 saturated carbocycles. The Morgan fingerprint density at radius 2 is 2.04 bits per heavy atom. The highest BCUT2D eigenvalue weighted by Crippen LogP contribution is 2.43. The molecule has 1 heterocycles. The number of amides is 1. The number of imidazole rings is 1. The number of carbonyl (C=O) groups is 1. The maximum atomic E-state index is 12.8. The summed E-state index contributed by atoms with van der Waals surface area (Å²) in [7, 11) is 0. The zero-order valence-corrected chi connectivity index (χ0v) is 16.3. The summed E-state index contributed by atoms with van der Waals surface area (Å²) in [6, 6.07) is 17.8. The molecule has 5 nitrogen and oxygen atoms in total. The highest BCUT2D eigenvalue weighted by molar-refractivity contribution is 5.92. The van der Waals surface area contributed by atoms with Crippen molar-refractivity contribution in [2.75, 3.05) is 5.32 Å². The van der Waals surface area contributed by atoms with Crippen LogP contribution in [0.2, 0.25) is 0 Å². The van der Waals surface area contributed by atoms with Crippen LogP contribution in [-0.4, -0.2) is 15.5 Å². The van der Waals surface area contributed by atoms with Gasteiger partial charge in [0.15, 0.2) is 0 Å². The van der Waals surface area contributed by atoms with Crippen molar-refractivity contribution in [2.24, 2.45) is 0 Å². The Morgan fingerprint density at radius 3 is 2.68 bits per heavy atom. The van der Waals surface area contributed by atoms with Gasteiger partial charge in [-0.15, -0.1) is 0 Å². The average Bonchev–Trinajstić information content (AvgIpc) is 3.03. The molecule has 0 bridgehead atoms. The van der Waals surface area contributed by atoms with Gasteiger partial charge in [-0.2, -0.15) is 5.26 Å². The van der Waals surface area contributed by atoms with Crippen molar-refractivity contribution < 1.29 is 4.79 Å². The number of hydrogen-bond acceptors (Lipinski definition) is 3. The molecular weight excluding hydrogens is 348 g/mol. The van der Waals surface area contributed by atoms with Crippen LogP contribution >= 0.6 is 0 Å². The number of rotatable bonds is 5. The minimum Gasteiger partial charge on any atom is -0.304 e. The summed E-state index contributed by atoms with van der Waals surface area (Å²) in [5, 5.41) is 12.3. The van der Waals surface area contributed by atoms with Crippen LogP contribution in [0.4, 0.5) is 5.95 Å². The quantitative estimate of drug-likeness (QED) is 0.689. The Hall–Kier alpha value is -3.13. The van der Waals surface area contributed by atoms with Crippen LogP contribution in [0.5, 0.6) is 0 Å². The van der Waals surface area contributed by atoms with Crippen molar-refractivity contribution in [1.29, 1.82) is 5.26 Å². The number of nitriles is 1. The van der Waals surface area contributed by atoms with Crippen LogP contribution in [0.1, 0.15) is 56.6 Å². The van der Waals surface area contributed by atoms with Crippen molar-refractivity contribution in [1.82, 2.24) is 9.55 Å². The fourth-order valence-electron chi connectivity index (χ4n) is 4.04. The van der Waals surface area contributed by atoms with E-state index in [1.807, 2.05) is 42.5 Å². The molecule has 28 heavy (non-hydrogen) atoms. The largest absolute Gasteiger partial charge is 0.304 e. The predicted octanol–water partition coefficient (Wildman–Crippen LogP) is 4.94. The number of benzene rings is 2. The van der Waals surface area contributed by atoms with Crippen LogP contribution in [-0.2, 0) is 10.3 Å². The van der Waals surface area contributed by atoms with E-state index in [1.54, 1.807) is 6.07 Å². The summed E-state index contributed by atoms with van der Waals surface area (Å²) < 4.78 is 2.12. The predicted molar refractivity (Wildman–Crippen MR) is 110 cm³/mol. The van der Waals surface area contributed by atoms with Gasteiger partial charge in [0.2, 0.25) is 11.9 Å². The van der Waals surface area contributed by atoms with Crippen molar-refractivity contribution in [3.05, 3.63) is 59.7 Å². The molecule has 5 heteroatoms. The van der Waals surface area contributed by atoms with E-state index in [0.717, 1.165) is 35.9 Å². The third kappa shape index (κ3) is 3.27. The number of hydrogen-bond donors (Lipinski definition) is 1. The van der Waals surface area contributed by atoms with Gasteiger partial charge in [-0.25, -0.2) is 4.98 Å². The molecule has 0 saturated heterocycles. The fourth-order valence-corrected chi connectivity index (χ4v) is 4.04. The standard InChI is InChI=1S/C23H24N4O/c1-16(18-7-4-3-5-8-18)13-21(28)26-22-25-19-10-9-17(15-24)14-20(19)27(22)23(2)11-6-12-23/h3-5,7-10,14,16H,6,11-13H2,1-2H3,(H,25,26,28)/t16-/m1/s1. The number of fused-ring (bicyclic) bond motifs is 1. The van der Waals surface area contributed by atoms with E-state index in [0.29, 0.717) is 17.9 Å². The van der Waals surface area contributed by atoms with Gasteiger partial charge in [0, 0.05) is 12.0 Å². The van der Waals surface area contributed by atoms with Gasteiger partial charge < -0.3 is 4.57 Å². The Kier molecular flexibility index (Phi) is 4.64.